The van der Waals surface area contributed by atoms with Crippen LogP contribution in [-0.4, -0.2) is 210 Å². The highest BCUT2D eigenvalue weighted by Gasteiger charge is 2.32. The Morgan fingerprint density at radius 2 is 0.815 bits per heavy atom. The molecule has 480 valence electrons. The normalized spacial score (nSPS) is 22.3. The molecular formula is C65H75ClFN19O6. The van der Waals surface area contributed by atoms with Crippen LogP contribution in [0.1, 0.15) is 47.1 Å². The lowest BCUT2D eigenvalue weighted by molar-refractivity contribution is 0.0972. The summed E-state index contributed by atoms with van der Waals surface area (Å²) < 4.78 is 47.9. The predicted octanol–water partition coefficient (Wildman–Crippen LogP) is 7.88. The topological polar surface area (TPSA) is 269 Å². The average molecular weight is 1270 g/mol. The number of pyridine rings is 3. The molecular weight excluding hydrogens is 1200 g/mol. The predicted molar refractivity (Wildman–Crippen MR) is 352 cm³/mol. The van der Waals surface area contributed by atoms with Crippen molar-refractivity contribution >= 4 is 96.7 Å². The van der Waals surface area contributed by atoms with Gasteiger partial charge in [-0.05, 0) is 102 Å². The Morgan fingerprint density at radius 3 is 1.21 bits per heavy atom. The molecule has 13 heterocycles. The summed E-state index contributed by atoms with van der Waals surface area (Å²) >= 11 is 6.11. The number of benzene rings is 2. The van der Waals surface area contributed by atoms with Gasteiger partial charge in [0.2, 0.25) is 17.8 Å². The number of nitrogen functional groups attached to an aromatic ring is 1. The molecule has 6 saturated heterocycles. The Labute approximate surface area is 536 Å². The van der Waals surface area contributed by atoms with E-state index in [1.807, 2.05) is 48.5 Å². The highest BCUT2D eigenvalue weighted by Crippen LogP contribution is 2.36. The van der Waals surface area contributed by atoms with Crippen LogP contribution in [0.5, 0.6) is 0 Å². The van der Waals surface area contributed by atoms with Gasteiger partial charge in [0.25, 0.3) is 0 Å². The molecule has 92 heavy (non-hydrogen) atoms. The number of rotatable bonds is 8. The van der Waals surface area contributed by atoms with Gasteiger partial charge in [-0.3, -0.25) is 5.10 Å². The fourth-order valence-electron chi connectivity index (χ4n) is 12.5. The van der Waals surface area contributed by atoms with Crippen molar-refractivity contribution in [3.05, 3.63) is 89.3 Å². The average Bonchev–Trinajstić information content (AvgIpc) is 0.888. The molecule has 3 N–H and O–H groups in total. The van der Waals surface area contributed by atoms with Crippen LogP contribution in [0.3, 0.4) is 0 Å². The van der Waals surface area contributed by atoms with Gasteiger partial charge in [0.1, 0.15) is 34.5 Å². The van der Waals surface area contributed by atoms with Gasteiger partial charge in [0.15, 0.2) is 22.8 Å². The van der Waals surface area contributed by atoms with E-state index in [1.165, 1.54) is 12.1 Å². The summed E-state index contributed by atoms with van der Waals surface area (Å²) in [5.74, 6) is 4.56. The molecule has 6 fully saturated rings. The Hall–Kier alpha value is -8.55. The van der Waals surface area contributed by atoms with Gasteiger partial charge in [-0.15, -0.1) is 0 Å². The van der Waals surface area contributed by atoms with E-state index in [0.29, 0.717) is 143 Å². The molecule has 0 bridgehead atoms. The van der Waals surface area contributed by atoms with Crippen LogP contribution in [-0.2, 0) is 28.4 Å². The number of halogens is 2. The molecule has 25 nitrogen and oxygen atoms in total. The first-order chi connectivity index (χ1) is 44.8. The van der Waals surface area contributed by atoms with E-state index < -0.39 is 5.82 Å². The number of morpholine rings is 6. The largest absolute Gasteiger partial charge is 0.382 e. The zero-order valence-electron chi connectivity index (χ0n) is 52.5. The maximum atomic E-state index is 14.2. The molecule has 9 aromatic rings. The zero-order chi connectivity index (χ0) is 63.6. The van der Waals surface area contributed by atoms with Gasteiger partial charge >= 0.3 is 0 Å². The van der Waals surface area contributed by atoms with Crippen LogP contribution in [0.15, 0.2) is 72.8 Å². The Balaban J connectivity index is 0.000000128. The molecule has 0 amide bonds. The smallest absolute Gasteiger partial charge is 0.229 e. The van der Waals surface area contributed by atoms with E-state index in [2.05, 4.69) is 92.2 Å². The van der Waals surface area contributed by atoms with Crippen molar-refractivity contribution in [2.45, 2.75) is 77.8 Å². The molecule has 27 heteroatoms. The SMILES string of the molecule is C[C@H]1COCCN1c1nc(N2CCOC[C@@H]2C)c2ccc(-c3ccc(C#N)c(F)c3)nc2n1.C[C@H]1COCCN1c1nc(N2CCOC[C@@H]2C)c2ccc(-c3ccc4c(N)n[nH]c4c3)nc2n1.C[C@H]1COCCN1c1nc(N2CCOC[C@@H]2C)c2ccc(Cl)nc2n1. The number of nitriles is 1. The molecule has 6 atom stereocenters. The number of fused-ring (bicyclic) bond motifs is 4. The van der Waals surface area contributed by atoms with Crippen LogP contribution < -0.4 is 35.1 Å². The number of hydrogen-bond donors (Lipinski definition) is 2. The number of aromatic amines is 1. The molecule has 6 aliphatic rings. The number of aromatic nitrogens is 11. The number of ether oxygens (including phenoxy) is 6. The summed E-state index contributed by atoms with van der Waals surface area (Å²) in [6, 6.07) is 25.2. The lowest BCUT2D eigenvalue weighted by Gasteiger charge is -2.37. The third-order valence-electron chi connectivity index (χ3n) is 17.6. The first-order valence-electron chi connectivity index (χ1n) is 31.5. The highest BCUT2D eigenvalue weighted by molar-refractivity contribution is 6.29. The molecule has 2 aromatic carbocycles. The number of anilines is 7. The Morgan fingerprint density at radius 1 is 0.457 bits per heavy atom. The van der Waals surface area contributed by atoms with E-state index in [4.69, 9.17) is 90.9 Å². The van der Waals surface area contributed by atoms with Gasteiger partial charge in [-0.1, -0.05) is 23.7 Å². The van der Waals surface area contributed by atoms with Crippen LogP contribution in [0.2, 0.25) is 5.15 Å². The molecule has 6 aliphatic heterocycles. The van der Waals surface area contributed by atoms with Crippen LogP contribution in [0, 0.1) is 17.1 Å². The maximum absolute atomic E-state index is 14.2. The van der Waals surface area contributed by atoms with Gasteiger partial charge in [-0.25, -0.2) is 19.3 Å². The quantitative estimate of drug-likeness (QED) is 0.137. The van der Waals surface area contributed by atoms with Crippen molar-refractivity contribution in [2.75, 3.05) is 154 Å². The van der Waals surface area contributed by atoms with Crippen LogP contribution in [0.25, 0.3) is 66.5 Å². The summed E-state index contributed by atoms with van der Waals surface area (Å²) in [6.07, 6.45) is 0. The first kappa shape index (κ1) is 62.3. The second-order valence-electron chi connectivity index (χ2n) is 24.1. The summed E-state index contributed by atoms with van der Waals surface area (Å²) in [5, 5.41) is 20.1. The molecule has 7 aromatic heterocycles. The van der Waals surface area contributed by atoms with Gasteiger partial charge in [0, 0.05) is 55.8 Å². The monoisotopic (exact) mass is 1270 g/mol. The van der Waals surface area contributed by atoms with Crippen molar-refractivity contribution < 1.29 is 32.8 Å². The van der Waals surface area contributed by atoms with Crippen LogP contribution in [0.4, 0.5) is 45.5 Å². The third-order valence-corrected chi connectivity index (χ3v) is 17.8. The van der Waals surface area contributed by atoms with Gasteiger partial charge in [0.05, 0.1) is 154 Å². The summed E-state index contributed by atoms with van der Waals surface area (Å²) in [5.41, 5.74) is 11.7. The number of hydrogen-bond acceptors (Lipinski definition) is 24. The lowest BCUT2D eigenvalue weighted by atomic mass is 10.1. The fraction of sp³-hybridized carbons (Fsp3) is 0.462. The molecule has 0 saturated carbocycles. The second-order valence-corrected chi connectivity index (χ2v) is 24.4. The van der Waals surface area contributed by atoms with Crippen molar-refractivity contribution in [2.24, 2.45) is 0 Å². The van der Waals surface area contributed by atoms with Crippen molar-refractivity contribution in [3.8, 4) is 28.6 Å². The number of H-pyrrole nitrogens is 1. The minimum Gasteiger partial charge on any atom is -0.382 e. The molecule has 15 rings (SSSR count). The summed E-state index contributed by atoms with van der Waals surface area (Å²) in [4.78, 5) is 57.0. The number of nitrogens with one attached hydrogen (secondary N) is 1. The van der Waals surface area contributed by atoms with E-state index in [0.717, 1.165) is 88.5 Å². The standard InChI is InChI=1S/C24H25FN6O2.C24H28N8O2.C17H22ClN5O2/c1-15-13-32-9-7-30(15)23-19-5-6-21(17-3-4-18(12-26)20(25)11-17)27-22(19)28-24(29-23)31-8-10-33-14-16(31)2;1-14-12-33-9-7-31(14)23-18-5-6-19(16-3-4-17-20(11-16)29-30-21(17)25)26-22(18)27-24(28-23)32-8-10-34-13-15(32)2;1-11-9-24-7-5-22(11)16-13-3-4-14(18)19-15(13)20-17(21-16)23-6-8-25-10-12(23)2/h3-6,11,15-16H,7-10,13-14H2,1-2H3;3-6,11,14-15H,7-10,12-13H2,1-2H3,(H3,25,29,30);3-4,11-12H,5-10H2,1-2H3/t15-,16-;14-,15-;11-,12-/m000/s1. The Kier molecular flexibility index (Phi) is 18.5. The van der Waals surface area contributed by atoms with Crippen LogP contribution >= 0.6 is 11.6 Å². The fourth-order valence-corrected chi connectivity index (χ4v) is 12.6. The maximum Gasteiger partial charge on any atom is 0.229 e. The van der Waals surface area contributed by atoms with E-state index in [9.17, 15) is 4.39 Å². The number of nitrogens with two attached hydrogens (primary N) is 1. The highest BCUT2D eigenvalue weighted by atomic mass is 35.5. The molecule has 0 aliphatic carbocycles. The summed E-state index contributed by atoms with van der Waals surface area (Å²) in [6.45, 7) is 25.2. The van der Waals surface area contributed by atoms with E-state index in [-0.39, 0.29) is 41.8 Å². The molecule has 0 radical (unpaired) electrons. The number of nitrogens with zero attached hydrogens (tertiary/aromatic N) is 17. The van der Waals surface area contributed by atoms with Gasteiger partial charge < -0.3 is 63.6 Å². The minimum atomic E-state index is -0.565. The lowest BCUT2D eigenvalue weighted by Crippen LogP contribution is -2.46. The summed E-state index contributed by atoms with van der Waals surface area (Å²) in [7, 11) is 0. The van der Waals surface area contributed by atoms with Crippen molar-refractivity contribution in [3.63, 3.8) is 0 Å². The first-order valence-corrected chi connectivity index (χ1v) is 31.9. The zero-order valence-corrected chi connectivity index (χ0v) is 53.3. The second kappa shape index (κ2) is 27.3. The van der Waals surface area contributed by atoms with Gasteiger partial charge in [-0.2, -0.15) is 40.3 Å². The van der Waals surface area contributed by atoms with Crippen molar-refractivity contribution in [1.82, 2.24) is 55.1 Å². The van der Waals surface area contributed by atoms with E-state index in [1.54, 1.807) is 12.1 Å². The molecule has 0 unspecified atom stereocenters. The third kappa shape index (κ3) is 13.0. The van der Waals surface area contributed by atoms with E-state index >= 15 is 0 Å². The minimum absolute atomic E-state index is 0.00838. The Bertz CT molecular complexity index is 4180. The molecule has 0 spiro atoms. The van der Waals surface area contributed by atoms with Crippen molar-refractivity contribution in [1.29, 1.82) is 5.26 Å².